The molecule has 1 atom stereocenters. The van der Waals surface area contributed by atoms with Crippen LogP contribution in [0.3, 0.4) is 0 Å². The third kappa shape index (κ3) is 3.64. The topological polar surface area (TPSA) is 12.0 Å². The third-order valence-corrected chi connectivity index (χ3v) is 4.00. The summed E-state index contributed by atoms with van der Waals surface area (Å²) in [4.78, 5) is 0. The fourth-order valence-corrected chi connectivity index (χ4v) is 2.91. The number of halogens is 3. The standard InChI is InChI=1S/C16H16BrF2N/c1-20-10-12(14-4-2-3-5-15(14)17)8-11-6-7-13(18)9-16(11)19/h2-7,9,12,20H,8,10H2,1H3. The van der Waals surface area contributed by atoms with Gasteiger partial charge in [0.1, 0.15) is 11.6 Å². The zero-order valence-corrected chi connectivity index (χ0v) is 12.8. The molecular formula is C16H16BrF2N. The Morgan fingerprint density at radius 1 is 1.15 bits per heavy atom. The monoisotopic (exact) mass is 339 g/mol. The van der Waals surface area contributed by atoms with E-state index in [1.54, 1.807) is 0 Å². The molecule has 1 nitrogen and oxygen atoms in total. The number of rotatable bonds is 5. The van der Waals surface area contributed by atoms with E-state index in [1.807, 2.05) is 31.3 Å². The number of likely N-dealkylation sites (N-methyl/N-ethyl adjacent to an activating group) is 1. The molecule has 0 aliphatic carbocycles. The molecule has 2 rings (SSSR count). The van der Waals surface area contributed by atoms with Crippen LogP contribution < -0.4 is 5.32 Å². The minimum atomic E-state index is -0.544. The molecule has 0 aliphatic heterocycles. The van der Waals surface area contributed by atoms with Crippen LogP contribution >= 0.6 is 15.9 Å². The molecule has 0 amide bonds. The molecule has 0 heterocycles. The molecule has 106 valence electrons. The summed E-state index contributed by atoms with van der Waals surface area (Å²) in [6, 6.07) is 11.7. The highest BCUT2D eigenvalue weighted by atomic mass is 79.9. The smallest absolute Gasteiger partial charge is 0.129 e. The van der Waals surface area contributed by atoms with Crippen molar-refractivity contribution in [2.75, 3.05) is 13.6 Å². The highest BCUT2D eigenvalue weighted by Gasteiger charge is 2.16. The lowest BCUT2D eigenvalue weighted by Gasteiger charge is -2.19. The van der Waals surface area contributed by atoms with Gasteiger partial charge in [-0.1, -0.05) is 40.2 Å². The Morgan fingerprint density at radius 3 is 2.55 bits per heavy atom. The molecule has 0 aliphatic rings. The third-order valence-electron chi connectivity index (χ3n) is 3.28. The van der Waals surface area contributed by atoms with Crippen LogP contribution in [0.25, 0.3) is 0 Å². The first-order valence-corrected chi connectivity index (χ1v) is 7.24. The van der Waals surface area contributed by atoms with Gasteiger partial charge in [0.15, 0.2) is 0 Å². The summed E-state index contributed by atoms with van der Waals surface area (Å²) in [5.74, 6) is -0.911. The Hall–Kier alpha value is -1.26. The first-order valence-electron chi connectivity index (χ1n) is 6.44. The minimum absolute atomic E-state index is 0.121. The zero-order chi connectivity index (χ0) is 14.5. The van der Waals surface area contributed by atoms with Crippen LogP contribution in [0, 0.1) is 11.6 Å². The zero-order valence-electron chi connectivity index (χ0n) is 11.2. The molecule has 0 aromatic heterocycles. The fourth-order valence-electron chi connectivity index (χ4n) is 2.30. The van der Waals surface area contributed by atoms with E-state index in [0.29, 0.717) is 12.0 Å². The van der Waals surface area contributed by atoms with Gasteiger partial charge in [-0.25, -0.2) is 8.78 Å². The second-order valence-electron chi connectivity index (χ2n) is 4.72. The van der Waals surface area contributed by atoms with Gasteiger partial charge in [0, 0.05) is 23.0 Å². The molecule has 2 aromatic carbocycles. The predicted octanol–water partition coefficient (Wildman–Crippen LogP) is 4.27. The lowest BCUT2D eigenvalue weighted by molar-refractivity contribution is 0.553. The second kappa shape index (κ2) is 6.95. The van der Waals surface area contributed by atoms with Gasteiger partial charge in [0.05, 0.1) is 0 Å². The Labute approximate surface area is 126 Å². The van der Waals surface area contributed by atoms with E-state index < -0.39 is 11.6 Å². The van der Waals surface area contributed by atoms with E-state index in [2.05, 4.69) is 21.2 Å². The van der Waals surface area contributed by atoms with Crippen LogP contribution in [0.15, 0.2) is 46.9 Å². The average Bonchev–Trinajstić information content (AvgIpc) is 2.42. The van der Waals surface area contributed by atoms with Crippen molar-refractivity contribution in [2.45, 2.75) is 12.3 Å². The van der Waals surface area contributed by atoms with Crippen LogP contribution in [-0.4, -0.2) is 13.6 Å². The van der Waals surface area contributed by atoms with Crippen molar-refractivity contribution < 1.29 is 8.78 Å². The number of nitrogens with one attached hydrogen (secondary N) is 1. The van der Waals surface area contributed by atoms with Crippen LogP contribution in [0.1, 0.15) is 17.0 Å². The first-order chi connectivity index (χ1) is 9.61. The van der Waals surface area contributed by atoms with Crippen LogP contribution in [0.4, 0.5) is 8.78 Å². The second-order valence-corrected chi connectivity index (χ2v) is 5.57. The van der Waals surface area contributed by atoms with Crippen LogP contribution in [0.5, 0.6) is 0 Å². The molecule has 0 spiro atoms. The van der Waals surface area contributed by atoms with Gasteiger partial charge in [0.25, 0.3) is 0 Å². The number of benzene rings is 2. The lowest BCUT2D eigenvalue weighted by atomic mass is 9.91. The molecule has 0 fully saturated rings. The summed E-state index contributed by atoms with van der Waals surface area (Å²) in [5.41, 5.74) is 1.65. The maximum absolute atomic E-state index is 13.8. The molecule has 0 saturated heterocycles. The van der Waals surface area contributed by atoms with E-state index in [0.717, 1.165) is 22.6 Å². The lowest BCUT2D eigenvalue weighted by Crippen LogP contribution is -2.20. The van der Waals surface area contributed by atoms with Gasteiger partial charge in [0.2, 0.25) is 0 Å². The highest BCUT2D eigenvalue weighted by Crippen LogP contribution is 2.28. The quantitative estimate of drug-likeness (QED) is 0.857. The van der Waals surface area contributed by atoms with Crippen molar-refractivity contribution in [1.82, 2.24) is 5.32 Å². The Morgan fingerprint density at radius 2 is 1.90 bits per heavy atom. The van der Waals surface area contributed by atoms with Gasteiger partial charge in [-0.05, 0) is 36.7 Å². The van der Waals surface area contributed by atoms with Gasteiger partial charge >= 0.3 is 0 Å². The molecule has 0 bridgehead atoms. The summed E-state index contributed by atoms with van der Waals surface area (Å²) in [5, 5.41) is 3.13. The Balaban J connectivity index is 2.28. The van der Waals surface area contributed by atoms with E-state index in [1.165, 1.54) is 12.1 Å². The van der Waals surface area contributed by atoms with Gasteiger partial charge in [-0.3, -0.25) is 0 Å². The van der Waals surface area contributed by atoms with E-state index in [4.69, 9.17) is 0 Å². The highest BCUT2D eigenvalue weighted by molar-refractivity contribution is 9.10. The molecule has 20 heavy (non-hydrogen) atoms. The minimum Gasteiger partial charge on any atom is -0.319 e. The van der Waals surface area contributed by atoms with Crippen LogP contribution in [0.2, 0.25) is 0 Å². The normalized spacial score (nSPS) is 12.4. The summed E-state index contributed by atoms with van der Waals surface area (Å²) in [6.07, 6.45) is 0.523. The van der Waals surface area contributed by atoms with Crippen molar-refractivity contribution in [3.05, 3.63) is 69.7 Å². The Bertz CT molecular complexity index is 586. The largest absolute Gasteiger partial charge is 0.319 e. The van der Waals surface area contributed by atoms with E-state index in [9.17, 15) is 8.78 Å². The van der Waals surface area contributed by atoms with E-state index >= 15 is 0 Å². The molecule has 0 saturated carbocycles. The summed E-state index contributed by atoms with van der Waals surface area (Å²) in [6.45, 7) is 0.722. The van der Waals surface area contributed by atoms with E-state index in [-0.39, 0.29) is 5.92 Å². The predicted molar refractivity (Wildman–Crippen MR) is 80.9 cm³/mol. The average molecular weight is 340 g/mol. The van der Waals surface area contributed by atoms with Gasteiger partial charge < -0.3 is 5.32 Å². The maximum atomic E-state index is 13.8. The number of hydrogen-bond donors (Lipinski definition) is 1. The first kappa shape index (κ1) is 15.1. The fraction of sp³-hybridized carbons (Fsp3) is 0.250. The summed E-state index contributed by atoms with van der Waals surface area (Å²) < 4.78 is 27.8. The van der Waals surface area contributed by atoms with Gasteiger partial charge in [-0.15, -0.1) is 0 Å². The van der Waals surface area contributed by atoms with Crippen molar-refractivity contribution in [2.24, 2.45) is 0 Å². The number of hydrogen-bond acceptors (Lipinski definition) is 1. The van der Waals surface area contributed by atoms with Gasteiger partial charge in [-0.2, -0.15) is 0 Å². The molecule has 0 radical (unpaired) electrons. The molecule has 4 heteroatoms. The van der Waals surface area contributed by atoms with Crippen molar-refractivity contribution in [3.8, 4) is 0 Å². The molecule has 2 aromatic rings. The van der Waals surface area contributed by atoms with Crippen molar-refractivity contribution >= 4 is 15.9 Å². The SMILES string of the molecule is CNCC(Cc1ccc(F)cc1F)c1ccccc1Br. The molecule has 1 N–H and O–H groups in total. The molecule has 1 unspecified atom stereocenters. The maximum Gasteiger partial charge on any atom is 0.129 e. The van der Waals surface area contributed by atoms with Crippen molar-refractivity contribution in [3.63, 3.8) is 0 Å². The van der Waals surface area contributed by atoms with Crippen LogP contribution in [-0.2, 0) is 6.42 Å². The van der Waals surface area contributed by atoms with Crippen molar-refractivity contribution in [1.29, 1.82) is 0 Å². The Kier molecular flexibility index (Phi) is 5.26. The molecular weight excluding hydrogens is 324 g/mol. The summed E-state index contributed by atoms with van der Waals surface area (Å²) >= 11 is 3.53. The summed E-state index contributed by atoms with van der Waals surface area (Å²) in [7, 11) is 1.87.